The Bertz CT molecular complexity index is 1460. The van der Waals surface area contributed by atoms with Crippen LogP contribution in [0.1, 0.15) is 90.3 Å². The number of amides is 1. The molecule has 5 aliphatic rings. The normalized spacial score (nSPS) is 30.4. The second-order valence-electron chi connectivity index (χ2n) is 17.4. The first kappa shape index (κ1) is 38.2. The van der Waals surface area contributed by atoms with Crippen LogP contribution in [0.4, 0.5) is 0 Å². The van der Waals surface area contributed by atoms with Gasteiger partial charge in [-0.3, -0.25) is 14.5 Å². The minimum absolute atomic E-state index is 0.0941. The fourth-order valence-corrected chi connectivity index (χ4v) is 10.0. The largest absolute Gasteiger partial charge is 0.508 e. The van der Waals surface area contributed by atoms with Gasteiger partial charge in [0.2, 0.25) is 5.91 Å². The summed E-state index contributed by atoms with van der Waals surface area (Å²) in [6.45, 7) is 18.0. The van der Waals surface area contributed by atoms with E-state index in [-0.39, 0.29) is 18.6 Å². The van der Waals surface area contributed by atoms with Crippen LogP contribution in [-0.2, 0) is 29.3 Å². The molecule has 9 atom stereocenters. The number of aliphatic hydroxyl groups is 2. The van der Waals surface area contributed by atoms with Gasteiger partial charge in [-0.15, -0.1) is 0 Å². The lowest BCUT2D eigenvalue weighted by molar-refractivity contribution is -0.183. The minimum Gasteiger partial charge on any atom is -0.508 e. The summed E-state index contributed by atoms with van der Waals surface area (Å²) in [5.41, 5.74) is 3.40. The van der Waals surface area contributed by atoms with Crippen molar-refractivity contribution < 1.29 is 25.0 Å². The number of hydrogen-bond acceptors (Lipinski definition) is 8. The summed E-state index contributed by atoms with van der Waals surface area (Å²) >= 11 is 0. The second-order valence-corrected chi connectivity index (χ2v) is 17.4. The summed E-state index contributed by atoms with van der Waals surface area (Å²) in [7, 11) is 0. The SMILES string of the molecule is CC(C)C[C@@H](CN1CCCC1)N(Cc1cccc(CN2O[C@@H](CO)[C@@H]([C@H](C)O)[C@H]2C(=O)N[C@H]2C[C@@H]3C[C@H]([C@@H]2C)C3(C)C)c1)Cc1ccccc1O. The summed E-state index contributed by atoms with van der Waals surface area (Å²) in [4.78, 5) is 25.6. The Morgan fingerprint density at radius 2 is 1.76 bits per heavy atom. The summed E-state index contributed by atoms with van der Waals surface area (Å²) in [6, 6.07) is 15.8. The summed E-state index contributed by atoms with van der Waals surface area (Å²) in [5, 5.41) is 37.1. The van der Waals surface area contributed by atoms with Crippen LogP contribution < -0.4 is 5.32 Å². The van der Waals surface area contributed by atoms with Crippen molar-refractivity contribution in [2.45, 2.75) is 124 Å². The Hall–Kier alpha value is -2.53. The highest BCUT2D eigenvalue weighted by molar-refractivity contribution is 5.82. The topological polar surface area (TPSA) is 109 Å². The highest BCUT2D eigenvalue weighted by Crippen LogP contribution is 2.61. The van der Waals surface area contributed by atoms with Crippen molar-refractivity contribution in [2.75, 3.05) is 26.2 Å². The quantitative estimate of drug-likeness (QED) is 0.191. The van der Waals surface area contributed by atoms with Gasteiger partial charge in [-0.25, -0.2) is 0 Å². The lowest BCUT2D eigenvalue weighted by atomic mass is 9.45. The van der Waals surface area contributed by atoms with E-state index in [1.54, 1.807) is 18.1 Å². The molecule has 3 saturated carbocycles. The first-order valence-electron chi connectivity index (χ1n) is 19.7. The van der Waals surface area contributed by atoms with E-state index in [2.05, 4.69) is 74.0 Å². The molecule has 0 spiro atoms. The molecule has 3 aliphatic carbocycles. The van der Waals surface area contributed by atoms with E-state index >= 15 is 0 Å². The molecular formula is C42H64N4O5. The Morgan fingerprint density at radius 3 is 2.41 bits per heavy atom. The number of phenolic OH excluding ortho intramolecular Hbond substituents is 1. The number of nitrogens with zero attached hydrogens (tertiary/aromatic N) is 3. The molecule has 0 radical (unpaired) electrons. The molecule has 0 unspecified atom stereocenters. The molecule has 9 heteroatoms. The number of phenols is 1. The van der Waals surface area contributed by atoms with Gasteiger partial charge in [0.25, 0.3) is 0 Å². The highest BCUT2D eigenvalue weighted by atomic mass is 16.7. The standard InChI is InChI=1S/C42H64N4O5/c1-27(2)18-34(25-44-16-9-10-17-44)45(24-32-14-7-8-15-37(32)49)22-30-12-11-13-31(19-30)23-46-40(39(29(4)48)38(26-47)51-46)41(50)43-36-21-33-20-35(28(36)3)42(33,5)6/h7-8,11-15,19,27-29,33-36,38-40,47-49H,9-10,16-18,20-26H2,1-6H3,(H,43,50)/t28-,29-,33-,34-,35+,36-,38-,39+,40-/m0/s1. The number of rotatable bonds is 15. The molecule has 7 rings (SSSR count). The van der Waals surface area contributed by atoms with Gasteiger partial charge in [-0.05, 0) is 98.4 Å². The van der Waals surface area contributed by atoms with Crippen molar-refractivity contribution in [3.05, 3.63) is 65.2 Å². The molecule has 51 heavy (non-hydrogen) atoms. The van der Waals surface area contributed by atoms with Gasteiger partial charge < -0.3 is 25.5 Å². The van der Waals surface area contributed by atoms with Crippen molar-refractivity contribution in [1.82, 2.24) is 20.2 Å². The average molecular weight is 705 g/mol. The van der Waals surface area contributed by atoms with Gasteiger partial charge in [0.15, 0.2) is 0 Å². The summed E-state index contributed by atoms with van der Waals surface area (Å²) in [5.74, 6) is 1.76. The zero-order chi connectivity index (χ0) is 36.4. The first-order chi connectivity index (χ1) is 24.3. The number of aromatic hydroxyl groups is 1. The van der Waals surface area contributed by atoms with Gasteiger partial charge in [-0.2, -0.15) is 5.06 Å². The molecule has 2 saturated heterocycles. The number of aliphatic hydroxyl groups excluding tert-OH is 2. The average Bonchev–Trinajstić information content (AvgIpc) is 3.73. The van der Waals surface area contributed by atoms with Crippen molar-refractivity contribution in [3.63, 3.8) is 0 Å². The van der Waals surface area contributed by atoms with Crippen LogP contribution in [0.25, 0.3) is 0 Å². The Morgan fingerprint density at radius 1 is 1.04 bits per heavy atom. The molecular weight excluding hydrogens is 640 g/mol. The van der Waals surface area contributed by atoms with Crippen LogP contribution in [0.15, 0.2) is 48.5 Å². The fraction of sp³-hybridized carbons (Fsp3) is 0.690. The van der Waals surface area contributed by atoms with Crippen LogP contribution in [0, 0.1) is 35.0 Å². The van der Waals surface area contributed by atoms with E-state index < -0.39 is 24.2 Å². The maximum absolute atomic E-state index is 14.2. The smallest absolute Gasteiger partial charge is 0.240 e. The van der Waals surface area contributed by atoms with Gasteiger partial charge >= 0.3 is 0 Å². The Labute approximate surface area is 306 Å². The zero-order valence-corrected chi connectivity index (χ0v) is 31.9. The molecule has 4 N–H and O–H groups in total. The third kappa shape index (κ3) is 8.50. The first-order valence-corrected chi connectivity index (χ1v) is 19.7. The predicted molar refractivity (Wildman–Crippen MR) is 200 cm³/mol. The maximum atomic E-state index is 14.2. The van der Waals surface area contributed by atoms with Gasteiger partial charge in [-0.1, -0.05) is 77.1 Å². The molecule has 2 aromatic carbocycles. The minimum atomic E-state index is -0.832. The van der Waals surface area contributed by atoms with E-state index in [4.69, 9.17) is 4.84 Å². The van der Waals surface area contributed by atoms with E-state index in [9.17, 15) is 20.1 Å². The number of hydroxylamine groups is 2. The number of fused-ring (bicyclic) bond motifs is 2. The van der Waals surface area contributed by atoms with E-state index in [0.717, 1.165) is 49.2 Å². The molecule has 282 valence electrons. The number of likely N-dealkylation sites (tertiary alicyclic amines) is 1. The Balaban J connectivity index is 1.22. The molecule has 2 heterocycles. The number of carbonyl (C=O) groups is 1. The monoisotopic (exact) mass is 704 g/mol. The van der Waals surface area contributed by atoms with Crippen LogP contribution in [0.3, 0.4) is 0 Å². The lowest BCUT2D eigenvalue weighted by Crippen LogP contribution is -2.62. The number of carbonyl (C=O) groups excluding carboxylic acids is 1. The molecule has 9 nitrogen and oxygen atoms in total. The van der Waals surface area contributed by atoms with E-state index in [1.807, 2.05) is 18.2 Å². The van der Waals surface area contributed by atoms with Gasteiger partial charge in [0, 0.05) is 43.2 Å². The van der Waals surface area contributed by atoms with Crippen molar-refractivity contribution in [3.8, 4) is 5.75 Å². The lowest BCUT2D eigenvalue weighted by Gasteiger charge is -2.62. The van der Waals surface area contributed by atoms with Crippen molar-refractivity contribution >= 4 is 5.91 Å². The van der Waals surface area contributed by atoms with E-state index in [0.29, 0.717) is 60.5 Å². The maximum Gasteiger partial charge on any atom is 0.240 e. The molecule has 5 fully saturated rings. The number of benzene rings is 2. The van der Waals surface area contributed by atoms with Crippen LogP contribution >= 0.6 is 0 Å². The number of para-hydroxylation sites is 1. The third-order valence-corrected chi connectivity index (χ3v) is 13.1. The van der Waals surface area contributed by atoms with Crippen LogP contribution in [0.2, 0.25) is 0 Å². The molecule has 2 aromatic rings. The summed E-state index contributed by atoms with van der Waals surface area (Å²) in [6.07, 6.45) is 4.27. The molecule has 2 aliphatic heterocycles. The molecule has 2 bridgehead atoms. The van der Waals surface area contributed by atoms with Crippen molar-refractivity contribution in [2.24, 2.45) is 35.0 Å². The van der Waals surface area contributed by atoms with Crippen LogP contribution in [-0.4, -0.2) is 92.7 Å². The van der Waals surface area contributed by atoms with Gasteiger partial charge in [0.1, 0.15) is 17.9 Å². The molecule has 0 aromatic heterocycles. The highest BCUT2D eigenvalue weighted by Gasteiger charge is 2.57. The van der Waals surface area contributed by atoms with Gasteiger partial charge in [0.05, 0.1) is 19.3 Å². The predicted octanol–water partition coefficient (Wildman–Crippen LogP) is 5.57. The molecule has 1 amide bonds. The summed E-state index contributed by atoms with van der Waals surface area (Å²) < 4.78 is 0. The number of nitrogens with one attached hydrogen (secondary N) is 1. The van der Waals surface area contributed by atoms with Crippen LogP contribution in [0.5, 0.6) is 5.75 Å². The van der Waals surface area contributed by atoms with E-state index in [1.165, 1.54) is 19.3 Å². The Kier molecular flexibility index (Phi) is 12.2. The van der Waals surface area contributed by atoms with Crippen molar-refractivity contribution in [1.29, 1.82) is 0 Å². The third-order valence-electron chi connectivity index (χ3n) is 13.1. The second kappa shape index (κ2) is 16.2. The number of hydrogen-bond donors (Lipinski definition) is 4. The fourth-order valence-electron chi connectivity index (χ4n) is 10.0. The zero-order valence-electron chi connectivity index (χ0n) is 31.9.